The highest BCUT2D eigenvalue weighted by molar-refractivity contribution is 6.42. The van der Waals surface area contributed by atoms with Crippen LogP contribution in [-0.2, 0) is 9.59 Å². The Morgan fingerprint density at radius 3 is 2.21 bits per heavy atom. The largest absolute Gasteiger partial charge is 0.478 e. The summed E-state index contributed by atoms with van der Waals surface area (Å²) in [5, 5.41) is 25.3. The Morgan fingerprint density at radius 2 is 1.66 bits per heavy atom. The first-order chi connectivity index (χ1) is 13.8. The van der Waals surface area contributed by atoms with Crippen molar-refractivity contribution in [2.24, 2.45) is 5.10 Å². The zero-order valence-corrected chi connectivity index (χ0v) is 15.3. The zero-order valence-electron chi connectivity index (χ0n) is 14.5. The molecule has 0 saturated carbocycles. The first-order valence-corrected chi connectivity index (χ1v) is 8.23. The maximum Gasteiger partial charge on any atom is 0.335 e. The Kier molecular flexibility index (Phi) is 7.15. The van der Waals surface area contributed by atoms with E-state index in [4.69, 9.17) is 16.7 Å². The number of nitro groups is 1. The number of nitro benzene ring substituents is 1. The van der Waals surface area contributed by atoms with Crippen molar-refractivity contribution < 1.29 is 24.4 Å². The molecule has 29 heavy (non-hydrogen) atoms. The predicted octanol–water partition coefficient (Wildman–Crippen LogP) is 2.61. The number of halogens is 1. The summed E-state index contributed by atoms with van der Waals surface area (Å²) in [6.07, 6.45) is 2.53. The summed E-state index contributed by atoms with van der Waals surface area (Å²) < 4.78 is 0. The van der Waals surface area contributed by atoms with E-state index in [1.54, 1.807) is 0 Å². The molecule has 0 saturated heterocycles. The van der Waals surface area contributed by atoms with Gasteiger partial charge in [-0.3, -0.25) is 19.7 Å². The number of anilines is 1. The number of non-ortho nitro benzene ring substituents is 1. The number of hydrazone groups is 1. The molecule has 0 atom stereocenters. The topological polar surface area (TPSA) is 151 Å². The summed E-state index contributed by atoms with van der Waals surface area (Å²) in [6, 6.07) is 10.8. The number of carboxylic acids is 1. The van der Waals surface area contributed by atoms with Gasteiger partial charge in [0.25, 0.3) is 5.69 Å². The fourth-order valence-electron chi connectivity index (χ4n) is 1.98. The Morgan fingerprint density at radius 1 is 1.03 bits per heavy atom. The number of hydrogen-bond donors (Lipinski definition) is 3. The number of amides is 2. The molecule has 0 aliphatic rings. The molecule has 0 heterocycles. The second-order valence-corrected chi connectivity index (χ2v) is 5.85. The fraction of sp³-hybridized carbons (Fsp3) is 0. The molecule has 2 aromatic rings. The molecule has 2 amide bonds. The van der Waals surface area contributed by atoms with E-state index < -0.39 is 22.7 Å². The average molecular weight is 417 g/mol. The van der Waals surface area contributed by atoms with Gasteiger partial charge in [-0.1, -0.05) is 11.6 Å². The van der Waals surface area contributed by atoms with E-state index in [2.05, 4.69) is 10.4 Å². The number of nitrogens with zero attached hydrogens (tertiary/aromatic N) is 2. The molecule has 0 radical (unpaired) electrons. The smallest absolute Gasteiger partial charge is 0.335 e. The molecule has 3 N–H and O–H groups in total. The van der Waals surface area contributed by atoms with Gasteiger partial charge in [-0.15, -0.1) is 0 Å². The van der Waals surface area contributed by atoms with Gasteiger partial charge in [0.15, 0.2) is 0 Å². The van der Waals surface area contributed by atoms with Crippen molar-refractivity contribution >= 4 is 53.0 Å². The molecule has 148 valence electrons. The van der Waals surface area contributed by atoms with Crippen LogP contribution in [0.5, 0.6) is 0 Å². The molecule has 0 unspecified atom stereocenters. The van der Waals surface area contributed by atoms with Crippen molar-refractivity contribution in [2.75, 3.05) is 5.32 Å². The van der Waals surface area contributed by atoms with Crippen LogP contribution in [0.15, 0.2) is 58.7 Å². The quantitative estimate of drug-likeness (QED) is 0.285. The Hall–Kier alpha value is -4.05. The number of allylic oxidation sites excluding steroid dienone is 1. The first-order valence-electron chi connectivity index (χ1n) is 7.85. The van der Waals surface area contributed by atoms with E-state index in [0.717, 1.165) is 6.21 Å². The van der Waals surface area contributed by atoms with Crippen LogP contribution in [0.3, 0.4) is 0 Å². The normalized spacial score (nSPS) is 11.1. The third-order valence-electron chi connectivity index (χ3n) is 3.36. The van der Waals surface area contributed by atoms with Crippen LogP contribution in [0, 0.1) is 10.1 Å². The van der Waals surface area contributed by atoms with Crippen LogP contribution >= 0.6 is 11.6 Å². The highest BCUT2D eigenvalue weighted by Crippen LogP contribution is 2.15. The first kappa shape index (κ1) is 21.3. The van der Waals surface area contributed by atoms with Crippen molar-refractivity contribution in [1.29, 1.82) is 0 Å². The van der Waals surface area contributed by atoms with Crippen LogP contribution in [0.1, 0.15) is 15.9 Å². The van der Waals surface area contributed by atoms with Crippen LogP contribution in [0.2, 0.25) is 0 Å². The zero-order chi connectivity index (χ0) is 21.4. The summed E-state index contributed by atoms with van der Waals surface area (Å²) in [6.45, 7) is 0. The summed E-state index contributed by atoms with van der Waals surface area (Å²) in [4.78, 5) is 44.3. The highest BCUT2D eigenvalue weighted by atomic mass is 35.5. The molecule has 0 spiro atoms. The summed E-state index contributed by atoms with van der Waals surface area (Å²) in [5.74, 6) is -3.20. The molecule has 10 nitrogen and oxygen atoms in total. The second-order valence-electron chi connectivity index (χ2n) is 5.41. The summed E-state index contributed by atoms with van der Waals surface area (Å²) in [7, 11) is 0. The number of aromatic carboxylic acids is 1. The number of carbonyl (C=O) groups excluding carboxylic acids is 2. The van der Waals surface area contributed by atoms with Gasteiger partial charge in [0.2, 0.25) is 0 Å². The third-order valence-corrected chi connectivity index (χ3v) is 3.57. The predicted molar refractivity (Wildman–Crippen MR) is 106 cm³/mol. The molecule has 0 fully saturated rings. The minimum atomic E-state index is -1.12. The van der Waals surface area contributed by atoms with Gasteiger partial charge in [-0.05, 0) is 48.0 Å². The van der Waals surface area contributed by atoms with Gasteiger partial charge < -0.3 is 10.4 Å². The SMILES string of the molecule is O=C(NN=C/C(Cl)=C/c1ccc([N+](=O)[O-])cc1)C(=O)Nc1ccc(C(=O)O)cc1. The second kappa shape index (κ2) is 9.76. The van der Waals surface area contributed by atoms with E-state index in [9.17, 15) is 24.5 Å². The van der Waals surface area contributed by atoms with E-state index in [0.29, 0.717) is 5.56 Å². The molecule has 11 heteroatoms. The molecule has 2 aromatic carbocycles. The van der Waals surface area contributed by atoms with Crippen molar-refractivity contribution in [3.05, 3.63) is 74.8 Å². The van der Waals surface area contributed by atoms with E-state index >= 15 is 0 Å². The summed E-state index contributed by atoms with van der Waals surface area (Å²) >= 11 is 5.93. The Labute approximate surface area is 168 Å². The van der Waals surface area contributed by atoms with Crippen LogP contribution in [-0.4, -0.2) is 34.0 Å². The number of benzene rings is 2. The molecule has 0 aliphatic carbocycles. The highest BCUT2D eigenvalue weighted by Gasteiger charge is 2.13. The van der Waals surface area contributed by atoms with Gasteiger partial charge in [-0.2, -0.15) is 5.10 Å². The lowest BCUT2D eigenvalue weighted by Crippen LogP contribution is -2.32. The maximum atomic E-state index is 11.8. The minimum Gasteiger partial charge on any atom is -0.478 e. The van der Waals surface area contributed by atoms with Crippen molar-refractivity contribution in [3.8, 4) is 0 Å². The number of rotatable bonds is 6. The monoisotopic (exact) mass is 416 g/mol. The van der Waals surface area contributed by atoms with Crippen LogP contribution in [0.4, 0.5) is 11.4 Å². The summed E-state index contributed by atoms with van der Waals surface area (Å²) in [5.41, 5.74) is 2.75. The molecule has 2 rings (SSSR count). The molecule has 0 aromatic heterocycles. The average Bonchev–Trinajstić information content (AvgIpc) is 2.68. The number of carboxylic acid groups (broad SMARTS) is 1. The molecule has 0 aliphatic heterocycles. The molecular formula is C18H13ClN4O6. The Balaban J connectivity index is 1.89. The van der Waals surface area contributed by atoms with Crippen molar-refractivity contribution in [2.45, 2.75) is 0 Å². The number of carbonyl (C=O) groups is 3. The van der Waals surface area contributed by atoms with E-state index in [-0.39, 0.29) is 22.0 Å². The van der Waals surface area contributed by atoms with Crippen LogP contribution in [0.25, 0.3) is 6.08 Å². The van der Waals surface area contributed by atoms with Crippen LogP contribution < -0.4 is 10.7 Å². The lowest BCUT2D eigenvalue weighted by Gasteiger charge is -2.04. The van der Waals surface area contributed by atoms with E-state index in [1.807, 2.05) is 5.43 Å². The Bertz CT molecular complexity index is 1000. The van der Waals surface area contributed by atoms with Gasteiger partial charge in [0, 0.05) is 17.8 Å². The lowest BCUT2D eigenvalue weighted by atomic mass is 10.2. The molecule has 0 bridgehead atoms. The van der Waals surface area contributed by atoms with Gasteiger partial charge in [0.1, 0.15) is 0 Å². The number of nitrogens with one attached hydrogen (secondary N) is 2. The van der Waals surface area contributed by atoms with Gasteiger partial charge >= 0.3 is 17.8 Å². The van der Waals surface area contributed by atoms with Crippen molar-refractivity contribution in [3.63, 3.8) is 0 Å². The maximum absolute atomic E-state index is 11.8. The van der Waals surface area contributed by atoms with Crippen molar-refractivity contribution in [1.82, 2.24) is 5.43 Å². The van der Waals surface area contributed by atoms with E-state index in [1.165, 1.54) is 54.6 Å². The fourth-order valence-corrected chi connectivity index (χ4v) is 2.15. The van der Waals surface area contributed by atoms with Gasteiger partial charge in [-0.25, -0.2) is 10.2 Å². The van der Waals surface area contributed by atoms with Gasteiger partial charge in [0.05, 0.1) is 21.7 Å². The lowest BCUT2D eigenvalue weighted by molar-refractivity contribution is -0.384. The standard InChI is InChI=1S/C18H13ClN4O6/c19-13(9-11-1-7-15(8-2-11)23(28)29)10-20-22-17(25)16(24)21-14-5-3-12(4-6-14)18(26)27/h1-10H,(H,21,24)(H,22,25)(H,26,27)/b13-9-,20-10?. The number of hydrogen-bond acceptors (Lipinski definition) is 6. The minimum absolute atomic E-state index is 0.0338. The molecular weight excluding hydrogens is 404 g/mol. The third kappa shape index (κ3) is 6.56.